The number of esters is 1. The van der Waals surface area contributed by atoms with Crippen LogP contribution in [0.4, 0.5) is 13.6 Å². The SMILES string of the molecule is COC(=O)C1=C(CN2CCN3C(=O)N(CC(C)(C)C(=O)O)CC3(C)C2)NC(c2nccs2)=NC1c1ccc(F)c(F)c1Cl. The van der Waals surface area contributed by atoms with Gasteiger partial charge in [0.2, 0.25) is 0 Å². The van der Waals surface area contributed by atoms with E-state index in [2.05, 4.69) is 20.2 Å². The van der Waals surface area contributed by atoms with Crippen LogP contribution in [0.15, 0.2) is 40.0 Å². The Morgan fingerprint density at radius 1 is 1.28 bits per heavy atom. The smallest absolute Gasteiger partial charge is 0.338 e. The molecule has 43 heavy (non-hydrogen) atoms. The number of hydrogen-bond donors (Lipinski definition) is 2. The molecular formula is C28H31ClF2N6O5S. The number of rotatable bonds is 8. The molecule has 0 aliphatic carbocycles. The molecule has 1 aromatic heterocycles. The van der Waals surface area contributed by atoms with Crippen molar-refractivity contribution in [1.82, 2.24) is 25.0 Å². The number of methoxy groups -OCH3 is 1. The van der Waals surface area contributed by atoms with Crippen LogP contribution in [-0.4, -0.2) is 101 Å². The molecule has 1 aromatic carbocycles. The van der Waals surface area contributed by atoms with Gasteiger partial charge < -0.3 is 25.0 Å². The van der Waals surface area contributed by atoms with Crippen LogP contribution in [0.3, 0.4) is 0 Å². The highest BCUT2D eigenvalue weighted by molar-refractivity contribution is 7.11. The molecule has 2 N–H and O–H groups in total. The summed E-state index contributed by atoms with van der Waals surface area (Å²) in [7, 11) is 1.22. The molecule has 3 aliphatic heterocycles. The Morgan fingerprint density at radius 3 is 2.67 bits per heavy atom. The van der Waals surface area contributed by atoms with E-state index in [1.54, 1.807) is 35.2 Å². The summed E-state index contributed by atoms with van der Waals surface area (Å²) in [6.07, 6.45) is 1.59. The molecule has 2 amide bonds. The van der Waals surface area contributed by atoms with Gasteiger partial charge >= 0.3 is 18.0 Å². The van der Waals surface area contributed by atoms with Crippen LogP contribution in [0.5, 0.6) is 0 Å². The Hall–Kier alpha value is -3.62. The molecule has 0 saturated carbocycles. The highest BCUT2D eigenvalue weighted by atomic mass is 35.5. The van der Waals surface area contributed by atoms with Gasteiger partial charge in [0.25, 0.3) is 0 Å². The fourth-order valence-corrected chi connectivity index (χ4v) is 6.64. The minimum absolute atomic E-state index is 0.0662. The Morgan fingerprint density at radius 2 is 2.02 bits per heavy atom. The molecule has 2 unspecified atom stereocenters. The van der Waals surface area contributed by atoms with Gasteiger partial charge in [-0.3, -0.25) is 14.7 Å². The number of aromatic nitrogens is 1. The number of nitrogens with zero attached hydrogens (tertiary/aromatic N) is 5. The highest BCUT2D eigenvalue weighted by Crippen LogP contribution is 2.39. The summed E-state index contributed by atoms with van der Waals surface area (Å²) in [4.78, 5) is 52.6. The predicted octanol–water partition coefficient (Wildman–Crippen LogP) is 3.52. The third-order valence-electron chi connectivity index (χ3n) is 7.96. The number of amides is 2. The van der Waals surface area contributed by atoms with Gasteiger partial charge in [-0.05, 0) is 26.8 Å². The van der Waals surface area contributed by atoms with E-state index < -0.39 is 45.6 Å². The highest BCUT2D eigenvalue weighted by Gasteiger charge is 2.51. The zero-order chi connectivity index (χ0) is 31.3. The van der Waals surface area contributed by atoms with E-state index in [0.717, 1.165) is 6.07 Å². The van der Waals surface area contributed by atoms with Crippen molar-refractivity contribution >= 4 is 46.7 Å². The largest absolute Gasteiger partial charge is 0.481 e. The lowest BCUT2D eigenvalue weighted by atomic mass is 9.92. The van der Waals surface area contributed by atoms with Crippen molar-refractivity contribution in [3.8, 4) is 0 Å². The van der Waals surface area contributed by atoms with Crippen molar-refractivity contribution in [1.29, 1.82) is 0 Å². The Kier molecular flexibility index (Phi) is 8.22. The fraction of sp³-hybridized carbons (Fsp3) is 0.464. The van der Waals surface area contributed by atoms with E-state index in [4.69, 9.17) is 16.3 Å². The van der Waals surface area contributed by atoms with Crippen LogP contribution in [0.2, 0.25) is 5.02 Å². The zero-order valence-corrected chi connectivity index (χ0v) is 25.6. The standard InChI is InChI=1S/C28H31ClF2N6O5S/c1-27(2,25(39)40)12-36-14-28(3)13-35(8-9-37(28)26(36)41)11-17-18(24(38)42-4)21(15-5-6-16(30)20(31)19(15)29)34-22(33-17)23-32-7-10-43-23/h5-7,10,21H,8-9,11-14H2,1-4H3,(H,33,34)(H,39,40). The van der Waals surface area contributed by atoms with Gasteiger partial charge in [-0.15, -0.1) is 11.3 Å². The number of carboxylic acid groups (broad SMARTS) is 1. The number of carbonyl (C=O) groups is 3. The number of ether oxygens (including phenoxy) is 1. The molecule has 0 bridgehead atoms. The molecule has 2 saturated heterocycles. The maximum Gasteiger partial charge on any atom is 0.338 e. The number of aliphatic carboxylic acids is 1. The first-order chi connectivity index (χ1) is 20.3. The van der Waals surface area contributed by atoms with Crippen LogP contribution >= 0.6 is 22.9 Å². The number of fused-ring (bicyclic) bond motifs is 1. The van der Waals surface area contributed by atoms with Gasteiger partial charge in [-0.25, -0.2) is 23.4 Å². The Bertz CT molecular complexity index is 1530. The molecule has 0 radical (unpaired) electrons. The van der Waals surface area contributed by atoms with Crippen molar-refractivity contribution < 1.29 is 33.0 Å². The minimum atomic E-state index is -1.25. The van der Waals surface area contributed by atoms with Gasteiger partial charge in [-0.1, -0.05) is 17.7 Å². The average Bonchev–Trinajstić information content (AvgIpc) is 3.57. The quantitative estimate of drug-likeness (QED) is 0.333. The van der Waals surface area contributed by atoms with Crippen molar-refractivity contribution in [3.05, 3.63) is 62.2 Å². The van der Waals surface area contributed by atoms with Gasteiger partial charge in [0, 0.05) is 62.1 Å². The van der Waals surface area contributed by atoms with E-state index in [1.165, 1.54) is 24.5 Å². The number of carboxylic acids is 1. The second kappa shape index (κ2) is 11.5. The molecule has 0 spiro atoms. The normalized spacial score (nSPS) is 22.8. The van der Waals surface area contributed by atoms with Crippen LogP contribution in [-0.2, 0) is 14.3 Å². The summed E-state index contributed by atoms with van der Waals surface area (Å²) in [6, 6.07) is 0.884. The molecule has 15 heteroatoms. The average molecular weight is 637 g/mol. The Balaban J connectivity index is 1.48. The number of amidine groups is 1. The fourth-order valence-electron chi connectivity index (χ4n) is 5.79. The topological polar surface area (TPSA) is 128 Å². The Labute approximate surface area is 255 Å². The second-order valence-electron chi connectivity index (χ2n) is 11.7. The number of benzene rings is 1. The van der Waals surface area contributed by atoms with Gasteiger partial charge in [0.1, 0.15) is 6.04 Å². The maximum atomic E-state index is 14.6. The summed E-state index contributed by atoms with van der Waals surface area (Å²) in [5, 5.41) is 14.6. The minimum Gasteiger partial charge on any atom is -0.481 e. The van der Waals surface area contributed by atoms with Crippen molar-refractivity contribution in [2.75, 3.05) is 46.4 Å². The van der Waals surface area contributed by atoms with Crippen molar-refractivity contribution in [2.45, 2.75) is 32.4 Å². The van der Waals surface area contributed by atoms with E-state index in [0.29, 0.717) is 42.7 Å². The number of thiazole rings is 1. The van der Waals surface area contributed by atoms with Crippen LogP contribution in [0, 0.1) is 17.0 Å². The lowest BCUT2D eigenvalue weighted by Crippen LogP contribution is -2.60. The molecule has 4 heterocycles. The molecule has 11 nitrogen and oxygen atoms in total. The zero-order valence-electron chi connectivity index (χ0n) is 24.0. The lowest BCUT2D eigenvalue weighted by molar-refractivity contribution is -0.147. The molecule has 2 fully saturated rings. The van der Waals surface area contributed by atoms with Crippen LogP contribution in [0.1, 0.15) is 37.4 Å². The third-order valence-corrected chi connectivity index (χ3v) is 9.13. The first-order valence-electron chi connectivity index (χ1n) is 13.5. The first-order valence-corrected chi connectivity index (χ1v) is 14.7. The molecule has 5 rings (SSSR count). The molecule has 2 atom stereocenters. The number of piperazine rings is 1. The summed E-state index contributed by atoms with van der Waals surface area (Å²) in [5.41, 5.74) is -1.16. The third kappa shape index (κ3) is 5.70. The number of aliphatic imine (C=N–C) groups is 1. The lowest BCUT2D eigenvalue weighted by Gasteiger charge is -2.44. The van der Waals surface area contributed by atoms with Crippen molar-refractivity contribution in [3.63, 3.8) is 0 Å². The maximum absolute atomic E-state index is 14.6. The van der Waals surface area contributed by atoms with Crippen LogP contribution in [0.25, 0.3) is 0 Å². The number of halogens is 3. The van der Waals surface area contributed by atoms with E-state index in [1.807, 2.05) is 6.92 Å². The van der Waals surface area contributed by atoms with E-state index in [9.17, 15) is 28.3 Å². The van der Waals surface area contributed by atoms with Crippen LogP contribution < -0.4 is 5.32 Å². The van der Waals surface area contributed by atoms with Gasteiger partial charge in [0.05, 0.1) is 28.7 Å². The number of carbonyl (C=O) groups excluding carboxylic acids is 2. The number of nitrogens with one attached hydrogen (secondary N) is 1. The first kappa shape index (κ1) is 30.8. The van der Waals surface area contributed by atoms with Gasteiger partial charge in [-0.2, -0.15) is 0 Å². The summed E-state index contributed by atoms with van der Waals surface area (Å²) in [5.74, 6) is -3.77. The molecule has 230 valence electrons. The monoisotopic (exact) mass is 636 g/mol. The summed E-state index contributed by atoms with van der Waals surface area (Å²) < 4.78 is 33.7. The predicted molar refractivity (Wildman–Crippen MR) is 155 cm³/mol. The molecule has 3 aliphatic rings. The number of hydrogen-bond acceptors (Lipinski definition) is 9. The molecular weight excluding hydrogens is 606 g/mol. The summed E-state index contributed by atoms with van der Waals surface area (Å²) in [6.45, 7) is 6.96. The number of urea groups is 1. The van der Waals surface area contributed by atoms with Gasteiger partial charge in [0.15, 0.2) is 22.5 Å². The summed E-state index contributed by atoms with van der Waals surface area (Å²) >= 11 is 7.55. The van der Waals surface area contributed by atoms with E-state index in [-0.39, 0.29) is 30.3 Å². The van der Waals surface area contributed by atoms with E-state index >= 15 is 0 Å². The molecule has 2 aromatic rings. The van der Waals surface area contributed by atoms with Crippen molar-refractivity contribution in [2.24, 2.45) is 10.4 Å². The second-order valence-corrected chi connectivity index (χ2v) is 13.0.